The van der Waals surface area contributed by atoms with E-state index >= 15 is 0 Å². The number of amides is 5. The molecule has 1 rings (SSSR count). The van der Waals surface area contributed by atoms with Crippen molar-refractivity contribution in [3.8, 4) is 0 Å². The van der Waals surface area contributed by atoms with Gasteiger partial charge >= 0.3 is 23.9 Å². The number of carboxylic acids is 2. The summed E-state index contributed by atoms with van der Waals surface area (Å²) in [6.07, 6.45) is 16.0. The normalized spacial score (nSPS) is 13.1. The molecule has 0 aromatic carbocycles. The number of ketones is 1. The third-order valence-corrected chi connectivity index (χ3v) is 8.70. The van der Waals surface area contributed by atoms with E-state index in [1.165, 1.54) is 38.5 Å². The van der Waals surface area contributed by atoms with Gasteiger partial charge in [0.1, 0.15) is 12.6 Å². The van der Waals surface area contributed by atoms with E-state index in [0.717, 1.165) is 44.9 Å². The number of aliphatic carboxylic acids is 2. The molecule has 0 spiro atoms. The fourth-order valence-electron chi connectivity index (χ4n) is 5.57. The van der Waals surface area contributed by atoms with E-state index in [-0.39, 0.29) is 64.4 Å². The van der Waals surface area contributed by atoms with Crippen LogP contribution < -0.4 is 21.3 Å². The second-order valence-electron chi connectivity index (χ2n) is 13.4. The SMILES string of the molecule is O=C(CC[C@H](NCCCCCCCCCCCCCCCCC(=O)C(=O)O)C(=O)O)NCCCNC(=O)NCCOCCOCC(=O)ON1C(=O)CCC1=O. The summed E-state index contributed by atoms with van der Waals surface area (Å²) in [6.45, 7) is 1.39. The van der Waals surface area contributed by atoms with E-state index in [4.69, 9.17) is 14.6 Å². The zero-order valence-electron chi connectivity index (χ0n) is 32.2. The van der Waals surface area contributed by atoms with Crippen LogP contribution in [0.25, 0.3) is 0 Å². The molecule has 1 aliphatic rings. The van der Waals surface area contributed by atoms with Gasteiger partial charge in [0, 0.05) is 45.3 Å². The molecule has 0 aliphatic carbocycles. The number of carbonyl (C=O) groups excluding carboxylic acids is 6. The van der Waals surface area contributed by atoms with Crippen LogP contribution in [-0.2, 0) is 47.9 Å². The molecule has 0 aromatic heterocycles. The standard InChI is InChI=1S/C37H63N5O13/c43-30(36(50)51)16-13-11-9-7-5-3-1-2-4-6-8-10-12-14-21-38-29(35(48)49)17-18-31(44)39-22-15-23-40-37(52)41-24-25-53-26-27-54-28-34(47)55-42-32(45)19-20-33(42)46/h29,38H,1-28H2,(H,39,44)(H,48,49)(H,50,51)(H2,40,41,52)/t29-/m0/s1. The molecular weight excluding hydrogens is 722 g/mol. The van der Waals surface area contributed by atoms with Crippen LogP contribution in [-0.4, -0.2) is 121 Å². The van der Waals surface area contributed by atoms with Gasteiger partial charge in [0.25, 0.3) is 11.8 Å². The summed E-state index contributed by atoms with van der Waals surface area (Å²) >= 11 is 0. The molecule has 0 radical (unpaired) electrons. The van der Waals surface area contributed by atoms with Crippen molar-refractivity contribution >= 4 is 47.4 Å². The first kappa shape index (κ1) is 48.9. The Hall–Kier alpha value is -4.16. The second kappa shape index (κ2) is 32.1. The molecule has 1 atom stereocenters. The molecule has 0 unspecified atom stereocenters. The molecule has 55 heavy (non-hydrogen) atoms. The van der Waals surface area contributed by atoms with Crippen LogP contribution in [0.5, 0.6) is 0 Å². The van der Waals surface area contributed by atoms with Crippen molar-refractivity contribution in [1.82, 2.24) is 26.3 Å². The number of rotatable bonds is 36. The van der Waals surface area contributed by atoms with Crippen molar-refractivity contribution in [3.63, 3.8) is 0 Å². The van der Waals surface area contributed by atoms with E-state index < -0.39 is 54.2 Å². The summed E-state index contributed by atoms with van der Waals surface area (Å²) in [5.74, 6) is -5.29. The quantitative estimate of drug-likeness (QED) is 0.0304. The number of imide groups is 1. The number of hydroxylamine groups is 2. The summed E-state index contributed by atoms with van der Waals surface area (Å²) < 4.78 is 10.4. The maximum absolute atomic E-state index is 12.2. The predicted octanol–water partition coefficient (Wildman–Crippen LogP) is 2.76. The fraction of sp³-hybridized carbons (Fsp3) is 0.784. The lowest BCUT2D eigenvalue weighted by Gasteiger charge is -2.14. The molecule has 314 valence electrons. The topological polar surface area (TPSA) is 256 Å². The van der Waals surface area contributed by atoms with Crippen molar-refractivity contribution in [3.05, 3.63) is 0 Å². The predicted molar refractivity (Wildman–Crippen MR) is 198 cm³/mol. The second-order valence-corrected chi connectivity index (χ2v) is 13.4. The number of ether oxygens (including phenoxy) is 2. The van der Waals surface area contributed by atoms with Gasteiger partial charge in [-0.2, -0.15) is 0 Å². The Labute approximate surface area is 323 Å². The van der Waals surface area contributed by atoms with E-state index in [0.29, 0.717) is 37.5 Å². The molecule has 18 heteroatoms. The summed E-state index contributed by atoms with van der Waals surface area (Å²) in [6, 6.07) is -1.20. The van der Waals surface area contributed by atoms with Crippen molar-refractivity contribution in [2.75, 3.05) is 52.6 Å². The molecule has 1 aliphatic heterocycles. The van der Waals surface area contributed by atoms with E-state index in [9.17, 15) is 43.5 Å². The average Bonchev–Trinajstić information content (AvgIpc) is 3.46. The Morgan fingerprint density at radius 3 is 1.71 bits per heavy atom. The lowest BCUT2D eigenvalue weighted by Crippen LogP contribution is -2.39. The Bertz CT molecular complexity index is 1170. The van der Waals surface area contributed by atoms with Crippen LogP contribution in [0.3, 0.4) is 0 Å². The number of nitrogens with one attached hydrogen (secondary N) is 4. The summed E-state index contributed by atoms with van der Waals surface area (Å²) in [5, 5.41) is 29.6. The largest absolute Gasteiger partial charge is 0.480 e. The molecule has 0 bridgehead atoms. The van der Waals surface area contributed by atoms with Crippen LogP contribution in [0.1, 0.15) is 128 Å². The van der Waals surface area contributed by atoms with Gasteiger partial charge < -0.3 is 45.8 Å². The molecule has 6 N–H and O–H groups in total. The highest BCUT2D eigenvalue weighted by atomic mass is 16.7. The minimum atomic E-state index is -1.34. The van der Waals surface area contributed by atoms with E-state index in [2.05, 4.69) is 26.1 Å². The van der Waals surface area contributed by atoms with Crippen LogP contribution in [0.4, 0.5) is 4.79 Å². The van der Waals surface area contributed by atoms with Crippen molar-refractivity contribution in [2.45, 2.75) is 134 Å². The summed E-state index contributed by atoms with van der Waals surface area (Å²) in [4.78, 5) is 96.3. The lowest BCUT2D eigenvalue weighted by molar-refractivity contribution is -0.200. The highest BCUT2D eigenvalue weighted by molar-refractivity contribution is 6.32. The van der Waals surface area contributed by atoms with Crippen LogP contribution >= 0.6 is 0 Å². The number of nitrogens with zero attached hydrogens (tertiary/aromatic N) is 1. The number of unbranched alkanes of at least 4 members (excludes halogenated alkanes) is 13. The Kier molecular flexibility index (Phi) is 28.5. The number of carbonyl (C=O) groups is 8. The Morgan fingerprint density at radius 1 is 0.600 bits per heavy atom. The van der Waals surface area contributed by atoms with Gasteiger partial charge in [-0.25, -0.2) is 14.4 Å². The number of hydrogen-bond donors (Lipinski definition) is 6. The summed E-state index contributed by atoms with van der Waals surface area (Å²) in [7, 11) is 0. The number of hydrogen-bond acceptors (Lipinski definition) is 12. The van der Waals surface area contributed by atoms with Gasteiger partial charge in [0.2, 0.25) is 11.7 Å². The molecule has 1 saturated heterocycles. The number of urea groups is 1. The van der Waals surface area contributed by atoms with Crippen LogP contribution in [0.2, 0.25) is 0 Å². The zero-order chi connectivity index (χ0) is 40.5. The Balaban J connectivity index is 1.89. The molecule has 0 aromatic rings. The van der Waals surface area contributed by atoms with Crippen molar-refractivity contribution in [2.24, 2.45) is 0 Å². The van der Waals surface area contributed by atoms with Gasteiger partial charge in [0.15, 0.2) is 0 Å². The Morgan fingerprint density at radius 2 is 1.13 bits per heavy atom. The molecule has 0 saturated carbocycles. The zero-order valence-corrected chi connectivity index (χ0v) is 32.2. The lowest BCUT2D eigenvalue weighted by atomic mass is 10.0. The van der Waals surface area contributed by atoms with Crippen molar-refractivity contribution < 1.29 is 62.9 Å². The molecular formula is C37H63N5O13. The van der Waals surface area contributed by atoms with Crippen molar-refractivity contribution in [1.29, 1.82) is 0 Å². The van der Waals surface area contributed by atoms with Gasteiger partial charge in [0.05, 0.1) is 19.8 Å². The van der Waals surface area contributed by atoms with Crippen LogP contribution in [0, 0.1) is 0 Å². The fourth-order valence-corrected chi connectivity index (χ4v) is 5.57. The molecule has 1 heterocycles. The average molecular weight is 786 g/mol. The first-order valence-corrected chi connectivity index (χ1v) is 19.7. The van der Waals surface area contributed by atoms with Gasteiger partial charge in [-0.15, -0.1) is 5.06 Å². The number of Topliss-reactive ketones (excluding diaryl/α,β-unsaturated/α-hetero) is 1. The minimum Gasteiger partial charge on any atom is -0.480 e. The molecule has 5 amide bonds. The maximum Gasteiger partial charge on any atom is 0.372 e. The molecule has 1 fully saturated rings. The third kappa shape index (κ3) is 27.1. The van der Waals surface area contributed by atoms with E-state index in [1.54, 1.807) is 0 Å². The van der Waals surface area contributed by atoms with Gasteiger partial charge in [-0.3, -0.25) is 24.0 Å². The minimum absolute atomic E-state index is 0.00639. The van der Waals surface area contributed by atoms with Gasteiger partial charge in [-0.05, 0) is 32.2 Å². The van der Waals surface area contributed by atoms with Gasteiger partial charge in [-0.1, -0.05) is 77.0 Å². The van der Waals surface area contributed by atoms with E-state index in [1.807, 2.05) is 0 Å². The molecule has 18 nitrogen and oxygen atoms in total. The third-order valence-electron chi connectivity index (χ3n) is 8.70. The smallest absolute Gasteiger partial charge is 0.372 e. The maximum atomic E-state index is 12.2. The van der Waals surface area contributed by atoms with Crippen LogP contribution in [0.15, 0.2) is 0 Å². The highest BCUT2D eigenvalue weighted by Crippen LogP contribution is 2.14. The summed E-state index contributed by atoms with van der Waals surface area (Å²) in [5.41, 5.74) is 0. The number of carboxylic acid groups (broad SMARTS) is 2. The first-order valence-electron chi connectivity index (χ1n) is 19.7. The highest BCUT2D eigenvalue weighted by Gasteiger charge is 2.32. The monoisotopic (exact) mass is 785 g/mol. The first-order chi connectivity index (χ1) is 26.5.